The van der Waals surface area contributed by atoms with Crippen LogP contribution in [0, 0.1) is 12.8 Å². The van der Waals surface area contributed by atoms with Gasteiger partial charge in [0, 0.05) is 10.8 Å². The topological polar surface area (TPSA) is 26.3 Å². The summed E-state index contributed by atoms with van der Waals surface area (Å²) in [5.41, 5.74) is 1.10. The van der Waals surface area contributed by atoms with E-state index in [2.05, 4.69) is 0 Å². The SMILES string of the molecule is Cc1ccc([S@@](=O)C[C@H]2OC[C@H](C)[C@]2(F)Cl)cc1. The Balaban J connectivity index is 2.06. The van der Waals surface area contributed by atoms with E-state index in [1.165, 1.54) is 0 Å². The van der Waals surface area contributed by atoms with Crippen molar-refractivity contribution < 1.29 is 13.3 Å². The van der Waals surface area contributed by atoms with Gasteiger partial charge in [-0.15, -0.1) is 0 Å². The molecule has 0 aliphatic carbocycles. The van der Waals surface area contributed by atoms with Crippen LogP contribution in [0.25, 0.3) is 0 Å². The molecule has 1 heterocycles. The summed E-state index contributed by atoms with van der Waals surface area (Å²) in [5, 5.41) is -1.92. The Kier molecular flexibility index (Phi) is 4.09. The van der Waals surface area contributed by atoms with Crippen LogP contribution >= 0.6 is 11.6 Å². The summed E-state index contributed by atoms with van der Waals surface area (Å²) in [7, 11) is -1.29. The highest BCUT2D eigenvalue weighted by Gasteiger charge is 2.49. The number of ether oxygens (including phenoxy) is 1. The summed E-state index contributed by atoms with van der Waals surface area (Å²) in [5.74, 6) is -0.285. The second-order valence-corrected chi connectivity index (χ2v) is 6.80. The lowest BCUT2D eigenvalue weighted by Gasteiger charge is -2.21. The normalized spacial score (nSPS) is 33.6. The molecule has 4 atom stereocenters. The molecular formula is C13H16ClFO2S. The fraction of sp³-hybridized carbons (Fsp3) is 0.538. The lowest BCUT2D eigenvalue weighted by atomic mass is 10.1. The van der Waals surface area contributed by atoms with Crippen LogP contribution in [0.3, 0.4) is 0 Å². The highest BCUT2D eigenvalue weighted by Crippen LogP contribution is 2.39. The van der Waals surface area contributed by atoms with Gasteiger partial charge in [-0.05, 0) is 19.1 Å². The molecule has 1 saturated heterocycles. The summed E-state index contributed by atoms with van der Waals surface area (Å²) < 4.78 is 31.5. The van der Waals surface area contributed by atoms with E-state index in [0.717, 1.165) is 5.56 Å². The van der Waals surface area contributed by atoms with Crippen LogP contribution in [0.4, 0.5) is 4.39 Å². The molecule has 1 aliphatic rings. The van der Waals surface area contributed by atoms with Gasteiger partial charge in [-0.25, -0.2) is 4.39 Å². The fourth-order valence-corrected chi connectivity index (χ4v) is 3.42. The second-order valence-electron chi connectivity index (χ2n) is 4.72. The van der Waals surface area contributed by atoms with Gasteiger partial charge < -0.3 is 4.74 Å². The fourth-order valence-electron chi connectivity index (χ4n) is 1.88. The third-order valence-corrected chi connectivity index (χ3v) is 5.24. The van der Waals surface area contributed by atoms with E-state index in [1.807, 2.05) is 19.1 Å². The zero-order valence-electron chi connectivity index (χ0n) is 10.4. The summed E-state index contributed by atoms with van der Waals surface area (Å²) in [6.45, 7) is 3.93. The van der Waals surface area contributed by atoms with Gasteiger partial charge in [0.05, 0.1) is 23.2 Å². The van der Waals surface area contributed by atoms with E-state index in [4.69, 9.17) is 16.3 Å². The molecular weight excluding hydrogens is 275 g/mol. The molecule has 0 amide bonds. The molecule has 0 saturated carbocycles. The van der Waals surface area contributed by atoms with Crippen LogP contribution in [-0.2, 0) is 15.5 Å². The van der Waals surface area contributed by atoms with Crippen molar-refractivity contribution in [3.63, 3.8) is 0 Å². The average molecular weight is 291 g/mol. The molecule has 1 aromatic rings. The minimum Gasteiger partial charge on any atom is -0.372 e. The molecule has 0 N–H and O–H groups in total. The minimum absolute atomic E-state index is 0.0907. The summed E-state index contributed by atoms with van der Waals surface area (Å²) in [4.78, 5) is 0.677. The molecule has 0 aromatic heterocycles. The van der Waals surface area contributed by atoms with E-state index in [1.54, 1.807) is 19.1 Å². The van der Waals surface area contributed by atoms with Crippen LogP contribution in [0.15, 0.2) is 29.2 Å². The van der Waals surface area contributed by atoms with Crippen molar-refractivity contribution in [2.75, 3.05) is 12.4 Å². The highest BCUT2D eigenvalue weighted by atomic mass is 35.5. The molecule has 1 aromatic carbocycles. The molecule has 18 heavy (non-hydrogen) atoms. The van der Waals surface area contributed by atoms with Crippen molar-refractivity contribution >= 4 is 22.4 Å². The number of benzene rings is 1. The van der Waals surface area contributed by atoms with Gasteiger partial charge in [0.1, 0.15) is 6.10 Å². The van der Waals surface area contributed by atoms with Crippen molar-refractivity contribution in [3.8, 4) is 0 Å². The first kappa shape index (κ1) is 14.0. The Bertz CT molecular complexity index is 447. The first-order valence-electron chi connectivity index (χ1n) is 5.85. The van der Waals surface area contributed by atoms with Crippen LogP contribution in [0.1, 0.15) is 12.5 Å². The Morgan fingerprint density at radius 1 is 1.50 bits per heavy atom. The largest absolute Gasteiger partial charge is 0.372 e. The first-order valence-corrected chi connectivity index (χ1v) is 7.55. The monoisotopic (exact) mass is 290 g/mol. The lowest BCUT2D eigenvalue weighted by molar-refractivity contribution is 0.0798. The number of hydrogen-bond donors (Lipinski definition) is 0. The summed E-state index contributed by atoms with van der Waals surface area (Å²) in [6, 6.07) is 7.35. The number of hydrogen-bond acceptors (Lipinski definition) is 2. The maximum absolute atomic E-state index is 14.1. The molecule has 1 aliphatic heterocycles. The van der Waals surface area contributed by atoms with Gasteiger partial charge in [0.15, 0.2) is 0 Å². The van der Waals surface area contributed by atoms with Crippen LogP contribution < -0.4 is 0 Å². The zero-order chi connectivity index (χ0) is 13.3. The van der Waals surface area contributed by atoms with Crippen molar-refractivity contribution in [2.24, 2.45) is 5.92 Å². The van der Waals surface area contributed by atoms with Gasteiger partial charge in [0.25, 0.3) is 0 Å². The van der Waals surface area contributed by atoms with E-state index in [0.29, 0.717) is 4.90 Å². The molecule has 100 valence electrons. The Morgan fingerprint density at radius 2 is 2.11 bits per heavy atom. The number of halogens is 2. The van der Waals surface area contributed by atoms with Crippen LogP contribution in [0.2, 0.25) is 0 Å². The van der Waals surface area contributed by atoms with Gasteiger partial charge in [-0.3, -0.25) is 4.21 Å². The molecule has 0 spiro atoms. The Hall–Kier alpha value is -0.450. The van der Waals surface area contributed by atoms with Crippen molar-refractivity contribution in [1.82, 2.24) is 0 Å². The average Bonchev–Trinajstić information content (AvgIpc) is 2.57. The van der Waals surface area contributed by atoms with Crippen molar-refractivity contribution in [1.29, 1.82) is 0 Å². The number of alkyl halides is 2. The third-order valence-electron chi connectivity index (χ3n) is 3.22. The minimum atomic E-state index is -1.92. The van der Waals surface area contributed by atoms with E-state index < -0.39 is 22.0 Å². The van der Waals surface area contributed by atoms with E-state index in [9.17, 15) is 8.60 Å². The molecule has 5 heteroatoms. The molecule has 2 nitrogen and oxygen atoms in total. The smallest absolute Gasteiger partial charge is 0.215 e. The summed E-state index contributed by atoms with van der Waals surface area (Å²) >= 11 is 5.81. The standard InChI is InChI=1S/C13H16ClFO2S/c1-9-3-5-11(6-4-9)18(16)8-12-13(14,15)10(2)7-17-12/h3-6,10,12H,7-8H2,1-2H3/t10-,12+,13+,18-/m0/s1. The van der Waals surface area contributed by atoms with Gasteiger partial charge >= 0.3 is 0 Å². The number of rotatable bonds is 3. The van der Waals surface area contributed by atoms with Crippen molar-refractivity contribution in [2.45, 2.75) is 30.0 Å². The molecule has 0 bridgehead atoms. The molecule has 2 rings (SSSR count). The highest BCUT2D eigenvalue weighted by molar-refractivity contribution is 7.85. The molecule has 0 unspecified atom stereocenters. The number of aryl methyl sites for hydroxylation is 1. The van der Waals surface area contributed by atoms with Crippen LogP contribution in [-0.4, -0.2) is 27.8 Å². The van der Waals surface area contributed by atoms with Gasteiger partial charge in [0.2, 0.25) is 5.13 Å². The quantitative estimate of drug-likeness (QED) is 0.800. The third kappa shape index (κ3) is 2.76. The van der Waals surface area contributed by atoms with Gasteiger partial charge in [-0.2, -0.15) is 0 Å². The van der Waals surface area contributed by atoms with E-state index in [-0.39, 0.29) is 18.3 Å². The molecule has 0 radical (unpaired) electrons. The predicted octanol–water partition coefficient (Wildman–Crippen LogP) is 3.04. The molecule has 1 fully saturated rings. The Morgan fingerprint density at radius 3 is 2.61 bits per heavy atom. The summed E-state index contributed by atoms with van der Waals surface area (Å²) in [6.07, 6.45) is -0.809. The predicted molar refractivity (Wildman–Crippen MR) is 71.1 cm³/mol. The maximum atomic E-state index is 14.1. The first-order chi connectivity index (χ1) is 8.41. The van der Waals surface area contributed by atoms with Crippen molar-refractivity contribution in [3.05, 3.63) is 29.8 Å². The Labute approximate surface area is 114 Å². The zero-order valence-corrected chi connectivity index (χ0v) is 11.9. The van der Waals surface area contributed by atoms with E-state index >= 15 is 0 Å². The van der Waals surface area contributed by atoms with Crippen LogP contribution in [0.5, 0.6) is 0 Å². The lowest BCUT2D eigenvalue weighted by Crippen LogP contribution is -2.36. The second kappa shape index (κ2) is 5.27. The van der Waals surface area contributed by atoms with Gasteiger partial charge in [-0.1, -0.05) is 36.2 Å². The maximum Gasteiger partial charge on any atom is 0.215 e.